The SMILES string of the molecule is C1=CCCCC(C2=CC=CC2)=C1.[Co]. The summed E-state index contributed by atoms with van der Waals surface area (Å²) in [5.41, 5.74) is 3.05. The van der Waals surface area contributed by atoms with Crippen LogP contribution >= 0.6 is 0 Å². The average molecular weight is 217 g/mol. The van der Waals surface area contributed by atoms with Gasteiger partial charge in [-0.25, -0.2) is 0 Å². The zero-order valence-corrected chi connectivity index (χ0v) is 8.67. The van der Waals surface area contributed by atoms with Crippen molar-refractivity contribution in [1.82, 2.24) is 0 Å². The van der Waals surface area contributed by atoms with Crippen LogP contribution in [0.5, 0.6) is 0 Å². The molecule has 0 N–H and O–H groups in total. The molecule has 1 heteroatoms. The standard InChI is InChI=1S/C12H14.Co/c1-2-4-8-11(7-3-1)12-9-5-6-10-12;/h1,3,5-7,9H,2,4,8,10H2;. The van der Waals surface area contributed by atoms with Crippen molar-refractivity contribution in [1.29, 1.82) is 0 Å². The van der Waals surface area contributed by atoms with Crippen molar-refractivity contribution in [2.24, 2.45) is 0 Å². The van der Waals surface area contributed by atoms with E-state index in [1.807, 2.05) is 0 Å². The van der Waals surface area contributed by atoms with Crippen LogP contribution in [0.3, 0.4) is 0 Å². The van der Waals surface area contributed by atoms with Crippen LogP contribution in [0.1, 0.15) is 25.7 Å². The molecular formula is C12H14Co. The molecule has 0 atom stereocenters. The summed E-state index contributed by atoms with van der Waals surface area (Å²) in [5.74, 6) is 0. The van der Waals surface area contributed by atoms with Crippen molar-refractivity contribution in [3.05, 3.63) is 47.6 Å². The quantitative estimate of drug-likeness (QED) is 0.630. The summed E-state index contributed by atoms with van der Waals surface area (Å²) in [4.78, 5) is 0. The zero-order chi connectivity index (χ0) is 8.23. The predicted molar refractivity (Wildman–Crippen MR) is 52.9 cm³/mol. The molecule has 2 aliphatic rings. The van der Waals surface area contributed by atoms with Crippen LogP contribution in [0.2, 0.25) is 0 Å². The molecule has 2 aliphatic carbocycles. The first-order chi connectivity index (χ1) is 5.97. The molecule has 0 heterocycles. The molecule has 1 radical (unpaired) electrons. The third-order valence-electron chi connectivity index (χ3n) is 2.43. The molecule has 0 aliphatic heterocycles. The molecule has 0 aromatic rings. The molecule has 0 bridgehead atoms. The molecule has 0 spiro atoms. The van der Waals surface area contributed by atoms with Gasteiger partial charge in [0, 0.05) is 16.8 Å². The molecule has 0 unspecified atom stereocenters. The summed E-state index contributed by atoms with van der Waals surface area (Å²) in [5, 5.41) is 0. The van der Waals surface area contributed by atoms with Gasteiger partial charge in [0.05, 0.1) is 0 Å². The van der Waals surface area contributed by atoms with Gasteiger partial charge in [-0.05, 0) is 36.8 Å². The van der Waals surface area contributed by atoms with E-state index < -0.39 is 0 Å². The van der Waals surface area contributed by atoms with Crippen LogP contribution in [0, 0.1) is 0 Å². The maximum Gasteiger partial charge on any atom is 0 e. The minimum Gasteiger partial charge on any atom is -0.0845 e. The summed E-state index contributed by atoms with van der Waals surface area (Å²) >= 11 is 0. The minimum atomic E-state index is 0. The van der Waals surface area contributed by atoms with Crippen LogP contribution in [-0.4, -0.2) is 0 Å². The zero-order valence-electron chi connectivity index (χ0n) is 7.63. The molecule has 13 heavy (non-hydrogen) atoms. The molecule has 0 saturated heterocycles. The first-order valence-electron chi connectivity index (χ1n) is 4.68. The summed E-state index contributed by atoms with van der Waals surface area (Å²) in [6, 6.07) is 0. The summed E-state index contributed by atoms with van der Waals surface area (Å²) < 4.78 is 0. The Labute approximate surface area is 90.3 Å². The molecule has 0 saturated carbocycles. The third-order valence-corrected chi connectivity index (χ3v) is 2.43. The smallest absolute Gasteiger partial charge is 0 e. The Morgan fingerprint density at radius 3 is 2.46 bits per heavy atom. The van der Waals surface area contributed by atoms with Crippen molar-refractivity contribution in [3.63, 3.8) is 0 Å². The van der Waals surface area contributed by atoms with E-state index in [2.05, 4.69) is 36.5 Å². The van der Waals surface area contributed by atoms with Gasteiger partial charge in [0.15, 0.2) is 0 Å². The van der Waals surface area contributed by atoms with Crippen molar-refractivity contribution >= 4 is 0 Å². The molecule has 0 aromatic carbocycles. The fraction of sp³-hybridized carbons (Fsp3) is 0.333. The Bertz CT molecular complexity index is 279. The van der Waals surface area contributed by atoms with E-state index in [-0.39, 0.29) is 16.8 Å². The Kier molecular flexibility index (Phi) is 4.26. The maximum absolute atomic E-state index is 2.27. The molecule has 0 amide bonds. The topological polar surface area (TPSA) is 0 Å². The second-order valence-electron chi connectivity index (χ2n) is 3.34. The minimum absolute atomic E-state index is 0. The second-order valence-corrected chi connectivity index (χ2v) is 3.34. The Hall–Kier alpha value is -0.534. The van der Waals surface area contributed by atoms with Crippen molar-refractivity contribution in [2.45, 2.75) is 25.7 Å². The largest absolute Gasteiger partial charge is 0.0845 e. The molecule has 0 fully saturated rings. The van der Waals surface area contributed by atoms with E-state index >= 15 is 0 Å². The first-order valence-corrected chi connectivity index (χ1v) is 4.68. The van der Waals surface area contributed by atoms with Gasteiger partial charge < -0.3 is 0 Å². The molecule has 71 valence electrons. The summed E-state index contributed by atoms with van der Waals surface area (Å²) in [6.07, 6.45) is 18.3. The Morgan fingerprint density at radius 2 is 1.69 bits per heavy atom. The first kappa shape index (κ1) is 10.5. The average Bonchev–Trinajstić information content (AvgIpc) is 2.48. The van der Waals surface area contributed by atoms with Crippen molar-refractivity contribution in [3.8, 4) is 0 Å². The van der Waals surface area contributed by atoms with Crippen molar-refractivity contribution in [2.75, 3.05) is 0 Å². The van der Waals surface area contributed by atoms with Gasteiger partial charge in [0.2, 0.25) is 0 Å². The predicted octanol–water partition coefficient (Wildman–Crippen LogP) is 3.54. The fourth-order valence-corrected chi connectivity index (χ4v) is 1.73. The van der Waals surface area contributed by atoms with Gasteiger partial charge >= 0.3 is 0 Å². The number of rotatable bonds is 1. The fourth-order valence-electron chi connectivity index (χ4n) is 1.73. The van der Waals surface area contributed by atoms with E-state index in [0.29, 0.717) is 0 Å². The Morgan fingerprint density at radius 1 is 0.923 bits per heavy atom. The van der Waals surface area contributed by atoms with Crippen LogP contribution in [0.15, 0.2) is 47.6 Å². The van der Waals surface area contributed by atoms with Crippen LogP contribution in [-0.2, 0) is 16.8 Å². The van der Waals surface area contributed by atoms with E-state index in [9.17, 15) is 0 Å². The van der Waals surface area contributed by atoms with E-state index in [0.717, 1.165) is 6.42 Å². The number of allylic oxidation sites excluding steroid dienone is 8. The third kappa shape index (κ3) is 2.71. The van der Waals surface area contributed by atoms with Crippen molar-refractivity contribution < 1.29 is 16.8 Å². The van der Waals surface area contributed by atoms with E-state index in [4.69, 9.17) is 0 Å². The molecule has 0 nitrogen and oxygen atoms in total. The summed E-state index contributed by atoms with van der Waals surface area (Å²) in [7, 11) is 0. The summed E-state index contributed by atoms with van der Waals surface area (Å²) in [6.45, 7) is 0. The molecular weight excluding hydrogens is 203 g/mol. The Balaban J connectivity index is 0.000000845. The van der Waals surface area contributed by atoms with Gasteiger partial charge in [-0.3, -0.25) is 0 Å². The van der Waals surface area contributed by atoms with Crippen LogP contribution in [0.4, 0.5) is 0 Å². The maximum atomic E-state index is 2.27. The van der Waals surface area contributed by atoms with Gasteiger partial charge in [-0.2, -0.15) is 0 Å². The molecule has 2 rings (SSSR count). The number of hydrogen-bond donors (Lipinski definition) is 0. The van der Waals surface area contributed by atoms with Gasteiger partial charge in [0.25, 0.3) is 0 Å². The van der Waals surface area contributed by atoms with E-state index in [1.165, 1.54) is 30.4 Å². The van der Waals surface area contributed by atoms with Crippen LogP contribution in [0.25, 0.3) is 0 Å². The molecule has 0 aromatic heterocycles. The second kappa shape index (κ2) is 5.25. The normalized spacial score (nSPS) is 20.3. The number of hydrogen-bond acceptors (Lipinski definition) is 0. The van der Waals surface area contributed by atoms with E-state index in [1.54, 1.807) is 0 Å². The van der Waals surface area contributed by atoms with Gasteiger partial charge in [0.1, 0.15) is 0 Å². The van der Waals surface area contributed by atoms with Gasteiger partial charge in [-0.1, -0.05) is 36.5 Å². The monoisotopic (exact) mass is 217 g/mol. The van der Waals surface area contributed by atoms with Gasteiger partial charge in [-0.15, -0.1) is 0 Å². The van der Waals surface area contributed by atoms with Crippen LogP contribution < -0.4 is 0 Å².